The van der Waals surface area contributed by atoms with Crippen LogP contribution in [-0.2, 0) is 4.79 Å². The Labute approximate surface area is 73.2 Å². The summed E-state index contributed by atoms with van der Waals surface area (Å²) in [6.07, 6.45) is 0.687. The zero-order valence-electron chi connectivity index (χ0n) is 6.12. The predicted molar refractivity (Wildman–Crippen MR) is 54.9 cm³/mol. The molecular weight excluding hydrogens is 136 g/mol. The second-order valence-electron chi connectivity index (χ2n) is 3.44. The van der Waals surface area contributed by atoms with Gasteiger partial charge in [-0.1, -0.05) is 43.1 Å². The van der Waals surface area contributed by atoms with Crippen molar-refractivity contribution in [1.29, 1.82) is 0 Å². The number of carbonyl (C=O) groups is 1. The van der Waals surface area contributed by atoms with E-state index >= 15 is 0 Å². The first-order valence-electron chi connectivity index (χ1n) is 2.91. The Morgan fingerprint density at radius 1 is 1.09 bits per heavy atom. The van der Waals surface area contributed by atoms with E-state index in [1.54, 1.807) is 6.92 Å². The van der Waals surface area contributed by atoms with Crippen LogP contribution in [0.25, 0.3) is 0 Å². The Bertz CT molecular complexity index is 87.5. The molecular formula is C10H26O. The molecule has 0 atom stereocenters. The average Bonchev–Trinajstić information content (AvgIpc) is 1.21. The molecule has 0 saturated carbocycles. The number of rotatable bonds is 1. The second kappa shape index (κ2) is 7.77. The average molecular weight is 162 g/mol. The minimum atomic E-state index is 0. The normalized spacial score (nSPS) is 8.36. The first-order valence-corrected chi connectivity index (χ1v) is 2.91. The molecule has 0 spiro atoms. The van der Waals surface area contributed by atoms with Gasteiger partial charge in [0.2, 0.25) is 0 Å². The van der Waals surface area contributed by atoms with Crippen LogP contribution in [0.1, 0.15) is 56.4 Å². The summed E-state index contributed by atoms with van der Waals surface area (Å²) in [6, 6.07) is 0. The zero-order chi connectivity index (χ0) is 6.78. The third kappa shape index (κ3) is 26.1. The molecule has 0 N–H and O–H groups in total. The quantitative estimate of drug-likeness (QED) is 0.571. The minimum absolute atomic E-state index is 0. The fraction of sp³-hybridized carbons (Fsp3) is 0.900. The minimum Gasteiger partial charge on any atom is -0.300 e. The molecule has 0 aliphatic rings. The molecule has 0 amide bonds. The van der Waals surface area contributed by atoms with Crippen LogP contribution in [0.2, 0.25) is 0 Å². The fourth-order valence-electron chi connectivity index (χ4n) is 0.747. The molecule has 0 unspecified atom stereocenters. The van der Waals surface area contributed by atoms with Gasteiger partial charge in [-0.25, -0.2) is 0 Å². The maximum atomic E-state index is 10.5. The lowest BCUT2D eigenvalue weighted by molar-refractivity contribution is -0.118. The van der Waals surface area contributed by atoms with Crippen LogP contribution in [0.4, 0.5) is 0 Å². The summed E-state index contributed by atoms with van der Waals surface area (Å²) in [7, 11) is 0. The van der Waals surface area contributed by atoms with E-state index < -0.39 is 0 Å². The molecule has 0 aliphatic carbocycles. The molecule has 0 rings (SSSR count). The van der Waals surface area contributed by atoms with Gasteiger partial charge < -0.3 is 4.79 Å². The first kappa shape index (κ1) is 22.4. The molecule has 1 nitrogen and oxygen atoms in total. The molecule has 0 fully saturated rings. The van der Waals surface area contributed by atoms with Crippen LogP contribution in [0.15, 0.2) is 0 Å². The number of hydrogen-bond acceptors (Lipinski definition) is 1. The molecule has 0 aromatic heterocycles. The van der Waals surface area contributed by atoms with Crippen molar-refractivity contribution < 1.29 is 4.79 Å². The van der Waals surface area contributed by atoms with Crippen LogP contribution in [0.3, 0.4) is 0 Å². The van der Waals surface area contributed by atoms with Crippen molar-refractivity contribution >= 4 is 5.78 Å². The molecule has 1 heteroatoms. The number of carbonyl (C=O) groups excluding carboxylic acids is 1. The van der Waals surface area contributed by atoms with Gasteiger partial charge in [0, 0.05) is 6.42 Å². The third-order valence-electron chi connectivity index (χ3n) is 0.779. The van der Waals surface area contributed by atoms with Gasteiger partial charge in [0.15, 0.2) is 0 Å². The van der Waals surface area contributed by atoms with E-state index in [9.17, 15) is 4.79 Å². The van der Waals surface area contributed by atoms with Crippen LogP contribution in [0, 0.1) is 5.41 Å². The smallest absolute Gasteiger partial charge is 0.130 e. The van der Waals surface area contributed by atoms with Gasteiger partial charge in [-0.05, 0) is 12.3 Å². The SMILES string of the molecule is C.C.C.CC(=O)CC(C)(C)C. The lowest BCUT2D eigenvalue weighted by atomic mass is 9.91. The molecule has 11 heavy (non-hydrogen) atoms. The summed E-state index contributed by atoms with van der Waals surface area (Å²) in [6.45, 7) is 7.82. The molecule has 0 aromatic rings. The summed E-state index contributed by atoms with van der Waals surface area (Å²) in [5, 5.41) is 0. The molecule has 0 bridgehead atoms. The highest BCUT2D eigenvalue weighted by Gasteiger charge is 2.11. The lowest BCUT2D eigenvalue weighted by Gasteiger charge is -2.14. The molecule has 72 valence electrons. The zero-order valence-corrected chi connectivity index (χ0v) is 6.12. The van der Waals surface area contributed by atoms with Gasteiger partial charge in [-0.15, -0.1) is 0 Å². The second-order valence-corrected chi connectivity index (χ2v) is 3.44. The van der Waals surface area contributed by atoms with Gasteiger partial charge in [0.25, 0.3) is 0 Å². The van der Waals surface area contributed by atoms with E-state index in [1.807, 2.05) is 0 Å². The highest BCUT2D eigenvalue weighted by atomic mass is 16.1. The lowest BCUT2D eigenvalue weighted by Crippen LogP contribution is -2.09. The Morgan fingerprint density at radius 3 is 1.36 bits per heavy atom. The van der Waals surface area contributed by atoms with Gasteiger partial charge in [0.05, 0.1) is 0 Å². The van der Waals surface area contributed by atoms with Crippen molar-refractivity contribution in [2.45, 2.75) is 56.4 Å². The molecule has 0 saturated heterocycles. The molecule has 0 radical (unpaired) electrons. The monoisotopic (exact) mass is 162 g/mol. The Morgan fingerprint density at radius 2 is 1.36 bits per heavy atom. The van der Waals surface area contributed by atoms with Gasteiger partial charge in [0.1, 0.15) is 5.78 Å². The largest absolute Gasteiger partial charge is 0.300 e. The van der Waals surface area contributed by atoms with Crippen molar-refractivity contribution in [3.63, 3.8) is 0 Å². The summed E-state index contributed by atoms with van der Waals surface area (Å²) in [4.78, 5) is 10.5. The van der Waals surface area contributed by atoms with Gasteiger partial charge in [-0.3, -0.25) is 0 Å². The van der Waals surface area contributed by atoms with E-state index in [-0.39, 0.29) is 33.5 Å². The Balaban J connectivity index is -0.0000000817. The highest BCUT2D eigenvalue weighted by Crippen LogP contribution is 2.17. The van der Waals surface area contributed by atoms with Crippen LogP contribution >= 0.6 is 0 Å². The van der Waals surface area contributed by atoms with E-state index in [1.165, 1.54) is 0 Å². The van der Waals surface area contributed by atoms with Crippen LogP contribution < -0.4 is 0 Å². The standard InChI is InChI=1S/C7H14O.3CH4/c1-6(8)5-7(2,3)4;;;/h5H2,1-4H3;3*1H4. The van der Waals surface area contributed by atoms with E-state index in [0.29, 0.717) is 6.42 Å². The summed E-state index contributed by atoms with van der Waals surface area (Å²) >= 11 is 0. The van der Waals surface area contributed by atoms with Crippen LogP contribution in [0.5, 0.6) is 0 Å². The van der Waals surface area contributed by atoms with Crippen molar-refractivity contribution in [3.8, 4) is 0 Å². The maximum Gasteiger partial charge on any atom is 0.130 e. The highest BCUT2D eigenvalue weighted by molar-refractivity contribution is 5.76. The van der Waals surface area contributed by atoms with Crippen molar-refractivity contribution in [2.24, 2.45) is 5.41 Å². The van der Waals surface area contributed by atoms with E-state index in [2.05, 4.69) is 20.8 Å². The van der Waals surface area contributed by atoms with Crippen molar-refractivity contribution in [2.75, 3.05) is 0 Å². The van der Waals surface area contributed by atoms with E-state index in [4.69, 9.17) is 0 Å². The van der Waals surface area contributed by atoms with Gasteiger partial charge in [-0.2, -0.15) is 0 Å². The summed E-state index contributed by atoms with van der Waals surface area (Å²) < 4.78 is 0. The molecule has 0 aliphatic heterocycles. The Kier molecular flexibility index (Phi) is 15.8. The first-order chi connectivity index (χ1) is 3.42. The topological polar surface area (TPSA) is 17.1 Å². The van der Waals surface area contributed by atoms with Gasteiger partial charge >= 0.3 is 0 Å². The summed E-state index contributed by atoms with van der Waals surface area (Å²) in [5.41, 5.74) is 0.172. The number of hydrogen-bond donors (Lipinski definition) is 0. The summed E-state index contributed by atoms with van der Waals surface area (Å²) in [5.74, 6) is 0.275. The number of Topliss-reactive ketones (excluding diaryl/α,β-unsaturated/α-hetero) is 1. The van der Waals surface area contributed by atoms with Crippen LogP contribution in [-0.4, -0.2) is 5.78 Å². The van der Waals surface area contributed by atoms with Crippen molar-refractivity contribution in [1.82, 2.24) is 0 Å². The molecule has 0 heterocycles. The van der Waals surface area contributed by atoms with E-state index in [0.717, 1.165) is 0 Å². The third-order valence-corrected chi connectivity index (χ3v) is 0.779. The fourth-order valence-corrected chi connectivity index (χ4v) is 0.747. The molecule has 0 aromatic carbocycles. The predicted octanol–water partition coefficient (Wildman–Crippen LogP) is 3.92. The Hall–Kier alpha value is -0.330. The maximum absolute atomic E-state index is 10.5. The number of ketones is 1. The van der Waals surface area contributed by atoms with Crippen molar-refractivity contribution in [3.05, 3.63) is 0 Å².